The van der Waals surface area contributed by atoms with Crippen molar-refractivity contribution < 1.29 is 4.74 Å². The highest BCUT2D eigenvalue weighted by Gasteiger charge is 2.25. The first-order valence-corrected chi connectivity index (χ1v) is 7.48. The van der Waals surface area contributed by atoms with Crippen LogP contribution in [0.5, 0.6) is 5.75 Å². The van der Waals surface area contributed by atoms with Gasteiger partial charge in [0, 0.05) is 4.83 Å². The van der Waals surface area contributed by atoms with Crippen LogP contribution in [0.25, 0.3) is 0 Å². The van der Waals surface area contributed by atoms with Crippen molar-refractivity contribution in [1.82, 2.24) is 0 Å². The van der Waals surface area contributed by atoms with Gasteiger partial charge in [0.2, 0.25) is 0 Å². The first-order valence-electron chi connectivity index (χ1n) is 6.57. The van der Waals surface area contributed by atoms with Crippen molar-refractivity contribution in [3.8, 4) is 5.75 Å². The Bertz CT molecular complexity index is 375. The van der Waals surface area contributed by atoms with Gasteiger partial charge in [-0.15, -0.1) is 0 Å². The maximum absolute atomic E-state index is 5.31. The van der Waals surface area contributed by atoms with Gasteiger partial charge in [0.05, 0.1) is 7.11 Å². The minimum atomic E-state index is 0.625. The van der Waals surface area contributed by atoms with E-state index in [4.69, 9.17) is 4.74 Å². The lowest BCUT2D eigenvalue weighted by Crippen LogP contribution is -2.18. The molecule has 0 N–H and O–H groups in total. The number of fused-ring (bicyclic) bond motifs is 1. The summed E-state index contributed by atoms with van der Waals surface area (Å²) < 4.78 is 5.31. The fraction of sp³-hybridized carbons (Fsp3) is 0.600. The van der Waals surface area contributed by atoms with Gasteiger partial charge in [-0.2, -0.15) is 0 Å². The number of aryl methyl sites for hydroxylation is 1. The lowest BCUT2D eigenvalue weighted by Gasteiger charge is -2.29. The summed E-state index contributed by atoms with van der Waals surface area (Å²) in [7, 11) is 1.74. The molecule has 1 aromatic rings. The lowest BCUT2D eigenvalue weighted by molar-refractivity contribution is 0.412. The van der Waals surface area contributed by atoms with Crippen LogP contribution in [-0.4, -0.2) is 11.9 Å². The van der Waals surface area contributed by atoms with Gasteiger partial charge in [-0.3, -0.25) is 0 Å². The summed E-state index contributed by atoms with van der Waals surface area (Å²) in [5.74, 6) is 1.68. The Morgan fingerprint density at radius 2 is 2.29 bits per heavy atom. The molecule has 0 fully saturated rings. The minimum absolute atomic E-state index is 0.625. The molecule has 1 nitrogen and oxygen atoms in total. The number of rotatable bonds is 4. The summed E-state index contributed by atoms with van der Waals surface area (Å²) in [4.78, 5) is 0.625. The van der Waals surface area contributed by atoms with Crippen molar-refractivity contribution in [2.45, 2.75) is 49.8 Å². The molecule has 0 saturated carbocycles. The van der Waals surface area contributed by atoms with E-state index in [0.717, 1.165) is 5.75 Å². The maximum Gasteiger partial charge on any atom is 0.119 e. The average molecular weight is 297 g/mol. The van der Waals surface area contributed by atoms with Gasteiger partial charge in [0.15, 0.2) is 0 Å². The Morgan fingerprint density at radius 1 is 1.47 bits per heavy atom. The van der Waals surface area contributed by atoms with Crippen molar-refractivity contribution in [2.24, 2.45) is 0 Å². The van der Waals surface area contributed by atoms with E-state index < -0.39 is 0 Å². The predicted molar refractivity (Wildman–Crippen MR) is 76.3 cm³/mol. The molecule has 1 aromatic carbocycles. The van der Waals surface area contributed by atoms with Crippen LogP contribution in [0.1, 0.15) is 49.7 Å². The maximum atomic E-state index is 5.31. The SMILES string of the molecule is CCCC(Br)C1CCCc2cc(OC)ccc21. The van der Waals surface area contributed by atoms with Crippen LogP contribution in [0.2, 0.25) is 0 Å². The normalized spacial score (nSPS) is 20.8. The molecule has 94 valence electrons. The number of alkyl halides is 1. The third-order valence-electron chi connectivity index (χ3n) is 3.71. The highest BCUT2D eigenvalue weighted by Crippen LogP contribution is 2.39. The van der Waals surface area contributed by atoms with Gasteiger partial charge in [-0.25, -0.2) is 0 Å². The number of methoxy groups -OCH3 is 1. The first kappa shape index (κ1) is 12.9. The Balaban J connectivity index is 2.25. The van der Waals surface area contributed by atoms with Crippen molar-refractivity contribution in [3.05, 3.63) is 29.3 Å². The van der Waals surface area contributed by atoms with Gasteiger partial charge in [0.25, 0.3) is 0 Å². The molecule has 2 rings (SSSR count). The van der Waals surface area contributed by atoms with Crippen LogP contribution in [0.4, 0.5) is 0 Å². The summed E-state index contributed by atoms with van der Waals surface area (Å²) in [5, 5.41) is 0. The smallest absolute Gasteiger partial charge is 0.119 e. The van der Waals surface area contributed by atoms with Gasteiger partial charge >= 0.3 is 0 Å². The Hall–Kier alpha value is -0.500. The van der Waals surface area contributed by atoms with Gasteiger partial charge in [-0.05, 0) is 54.9 Å². The molecular formula is C15H21BrO. The van der Waals surface area contributed by atoms with Crippen molar-refractivity contribution >= 4 is 15.9 Å². The number of halogens is 1. The zero-order chi connectivity index (χ0) is 12.3. The topological polar surface area (TPSA) is 9.23 Å². The second-order valence-electron chi connectivity index (χ2n) is 4.87. The molecule has 0 spiro atoms. The molecule has 2 unspecified atom stereocenters. The molecule has 0 radical (unpaired) electrons. The zero-order valence-electron chi connectivity index (χ0n) is 10.7. The Morgan fingerprint density at radius 3 is 3.00 bits per heavy atom. The molecule has 1 aliphatic carbocycles. The fourth-order valence-electron chi connectivity index (χ4n) is 2.81. The molecule has 0 heterocycles. The van der Waals surface area contributed by atoms with Crippen LogP contribution in [-0.2, 0) is 6.42 Å². The van der Waals surface area contributed by atoms with E-state index in [1.54, 1.807) is 7.11 Å². The van der Waals surface area contributed by atoms with E-state index in [9.17, 15) is 0 Å². The van der Waals surface area contributed by atoms with Crippen molar-refractivity contribution in [3.63, 3.8) is 0 Å². The first-order chi connectivity index (χ1) is 8.26. The van der Waals surface area contributed by atoms with Crippen LogP contribution in [0.3, 0.4) is 0 Å². The van der Waals surface area contributed by atoms with E-state index in [-0.39, 0.29) is 0 Å². The number of benzene rings is 1. The largest absolute Gasteiger partial charge is 0.497 e. The van der Waals surface area contributed by atoms with Crippen LogP contribution < -0.4 is 4.74 Å². The molecule has 2 atom stereocenters. The van der Waals surface area contributed by atoms with E-state index in [1.165, 1.54) is 43.2 Å². The second-order valence-corrected chi connectivity index (χ2v) is 6.04. The zero-order valence-corrected chi connectivity index (χ0v) is 12.3. The summed E-state index contributed by atoms with van der Waals surface area (Å²) in [6, 6.07) is 6.58. The van der Waals surface area contributed by atoms with Gasteiger partial charge in [-0.1, -0.05) is 35.3 Å². The number of ether oxygens (including phenoxy) is 1. The molecule has 17 heavy (non-hydrogen) atoms. The van der Waals surface area contributed by atoms with Gasteiger partial charge in [0.1, 0.15) is 5.75 Å². The summed E-state index contributed by atoms with van der Waals surface area (Å²) >= 11 is 3.87. The van der Waals surface area contributed by atoms with Crippen molar-refractivity contribution in [2.75, 3.05) is 7.11 Å². The second kappa shape index (κ2) is 5.90. The molecular weight excluding hydrogens is 276 g/mol. The Labute approximate surface area is 113 Å². The molecule has 2 heteroatoms. The third-order valence-corrected chi connectivity index (χ3v) is 4.81. The Kier molecular flexibility index (Phi) is 4.49. The third kappa shape index (κ3) is 2.85. The molecule has 1 aliphatic rings. The molecule has 0 aliphatic heterocycles. The number of hydrogen-bond donors (Lipinski definition) is 0. The summed E-state index contributed by atoms with van der Waals surface area (Å²) in [6.45, 7) is 2.26. The van der Waals surface area contributed by atoms with Crippen molar-refractivity contribution in [1.29, 1.82) is 0 Å². The van der Waals surface area contributed by atoms with Crippen LogP contribution in [0, 0.1) is 0 Å². The standard InChI is InChI=1S/C15H21BrO/c1-3-5-15(16)14-7-4-6-11-10-12(17-2)8-9-13(11)14/h8-10,14-15H,3-7H2,1-2H3. The molecule has 0 saturated heterocycles. The number of hydrogen-bond acceptors (Lipinski definition) is 1. The highest BCUT2D eigenvalue weighted by molar-refractivity contribution is 9.09. The van der Waals surface area contributed by atoms with Crippen LogP contribution in [0.15, 0.2) is 18.2 Å². The quantitative estimate of drug-likeness (QED) is 0.733. The molecule has 0 amide bonds. The van der Waals surface area contributed by atoms with E-state index >= 15 is 0 Å². The monoisotopic (exact) mass is 296 g/mol. The highest BCUT2D eigenvalue weighted by atomic mass is 79.9. The average Bonchev–Trinajstić information content (AvgIpc) is 2.37. The van der Waals surface area contributed by atoms with Crippen LogP contribution >= 0.6 is 15.9 Å². The summed E-state index contributed by atoms with van der Waals surface area (Å²) in [6.07, 6.45) is 6.33. The molecule has 0 bridgehead atoms. The van der Waals surface area contributed by atoms with E-state index in [0.29, 0.717) is 10.7 Å². The fourth-order valence-corrected chi connectivity index (χ4v) is 3.81. The lowest BCUT2D eigenvalue weighted by atomic mass is 9.80. The molecule has 0 aromatic heterocycles. The summed E-state index contributed by atoms with van der Waals surface area (Å²) in [5.41, 5.74) is 3.02. The van der Waals surface area contributed by atoms with Gasteiger partial charge < -0.3 is 4.74 Å². The minimum Gasteiger partial charge on any atom is -0.497 e. The predicted octanol–water partition coefficient (Wildman–Crippen LogP) is 4.68. The van der Waals surface area contributed by atoms with E-state index in [2.05, 4.69) is 41.1 Å². The van der Waals surface area contributed by atoms with E-state index in [1.807, 2.05) is 0 Å².